The largest absolute Gasteiger partial charge is 0.480 e. The van der Waals surface area contributed by atoms with E-state index in [1.807, 2.05) is 30.9 Å². The summed E-state index contributed by atoms with van der Waals surface area (Å²) in [6.07, 6.45) is 2.92. The van der Waals surface area contributed by atoms with Gasteiger partial charge in [0.05, 0.1) is 12.1 Å². The summed E-state index contributed by atoms with van der Waals surface area (Å²) >= 11 is 0. The number of rotatable bonds is 6. The van der Waals surface area contributed by atoms with Crippen molar-refractivity contribution in [2.24, 2.45) is 0 Å². The molecule has 1 aromatic heterocycles. The monoisotopic (exact) mass is 391 g/mol. The van der Waals surface area contributed by atoms with Gasteiger partial charge in [0.1, 0.15) is 4.90 Å². The molecule has 2 aromatic rings. The van der Waals surface area contributed by atoms with E-state index in [1.165, 1.54) is 4.31 Å². The fourth-order valence-electron chi connectivity index (χ4n) is 3.71. The van der Waals surface area contributed by atoms with Crippen molar-refractivity contribution >= 4 is 26.9 Å². The minimum atomic E-state index is -3.64. The van der Waals surface area contributed by atoms with Gasteiger partial charge in [-0.3, -0.25) is 14.7 Å². The molecule has 0 radical (unpaired) electrons. The Morgan fingerprint density at radius 2 is 2.04 bits per heavy atom. The summed E-state index contributed by atoms with van der Waals surface area (Å²) in [6.45, 7) is 5.23. The lowest BCUT2D eigenvalue weighted by Gasteiger charge is -2.36. The van der Waals surface area contributed by atoms with Gasteiger partial charge in [-0.25, -0.2) is 8.42 Å². The third kappa shape index (κ3) is 4.12. The molecule has 1 aromatic carbocycles. The summed E-state index contributed by atoms with van der Waals surface area (Å²) in [7, 11) is -3.64. The van der Waals surface area contributed by atoms with E-state index in [0.29, 0.717) is 38.0 Å². The van der Waals surface area contributed by atoms with E-state index in [1.54, 1.807) is 18.3 Å². The van der Waals surface area contributed by atoms with E-state index in [0.717, 1.165) is 10.9 Å². The molecule has 8 heteroatoms. The van der Waals surface area contributed by atoms with Gasteiger partial charge in [0.25, 0.3) is 0 Å². The number of para-hydroxylation sites is 1. The summed E-state index contributed by atoms with van der Waals surface area (Å²) in [5.41, 5.74) is 1.47. The maximum atomic E-state index is 13.2. The van der Waals surface area contributed by atoms with Crippen molar-refractivity contribution in [3.8, 4) is 0 Å². The number of fused-ring (bicyclic) bond motifs is 1. The second-order valence-corrected chi connectivity index (χ2v) is 8.84. The standard InChI is InChI=1S/C19H25N3O4S/c1-3-21(13-18(23)24)16-7-9-22(10-8-16)27(25,26)17-6-4-5-15-11-14(2)12-20-19(15)17/h4-6,11-12,16H,3,7-10,13H2,1-2H3,(H,23,24). The summed E-state index contributed by atoms with van der Waals surface area (Å²) in [6, 6.07) is 7.24. The average molecular weight is 391 g/mol. The molecule has 1 aliphatic heterocycles. The molecule has 7 nitrogen and oxygen atoms in total. The van der Waals surface area contributed by atoms with Gasteiger partial charge in [-0.2, -0.15) is 4.31 Å². The number of carbonyl (C=O) groups is 1. The first-order chi connectivity index (χ1) is 12.8. The molecule has 0 spiro atoms. The molecular formula is C19H25N3O4S. The predicted molar refractivity (Wildman–Crippen MR) is 103 cm³/mol. The second-order valence-electron chi connectivity index (χ2n) is 6.93. The zero-order valence-electron chi connectivity index (χ0n) is 15.6. The van der Waals surface area contributed by atoms with Gasteiger partial charge in [0.15, 0.2) is 0 Å². The minimum Gasteiger partial charge on any atom is -0.480 e. The van der Waals surface area contributed by atoms with Crippen LogP contribution in [-0.2, 0) is 14.8 Å². The number of sulfonamides is 1. The number of pyridine rings is 1. The molecule has 0 atom stereocenters. The number of benzene rings is 1. The van der Waals surface area contributed by atoms with Crippen molar-refractivity contribution in [1.29, 1.82) is 0 Å². The maximum Gasteiger partial charge on any atom is 0.317 e. The number of likely N-dealkylation sites (N-methyl/N-ethyl adjacent to an activating group) is 1. The highest BCUT2D eigenvalue weighted by Gasteiger charge is 2.33. The third-order valence-electron chi connectivity index (χ3n) is 5.11. The molecule has 0 amide bonds. The van der Waals surface area contributed by atoms with Crippen molar-refractivity contribution in [3.05, 3.63) is 36.0 Å². The lowest BCUT2D eigenvalue weighted by molar-refractivity contribution is -0.139. The van der Waals surface area contributed by atoms with Crippen molar-refractivity contribution in [2.75, 3.05) is 26.2 Å². The minimum absolute atomic E-state index is 0.0134. The van der Waals surface area contributed by atoms with Crippen LogP contribution in [0.5, 0.6) is 0 Å². The number of aryl methyl sites for hydroxylation is 1. The van der Waals surface area contributed by atoms with Gasteiger partial charge >= 0.3 is 5.97 Å². The lowest BCUT2D eigenvalue weighted by Crippen LogP contribution is -2.48. The molecule has 0 unspecified atom stereocenters. The van der Waals surface area contributed by atoms with Crippen molar-refractivity contribution < 1.29 is 18.3 Å². The topological polar surface area (TPSA) is 90.8 Å². The molecular weight excluding hydrogens is 366 g/mol. The number of nitrogens with zero attached hydrogens (tertiary/aromatic N) is 3. The Hall–Kier alpha value is -2.03. The van der Waals surface area contributed by atoms with Gasteiger partial charge in [-0.05, 0) is 44.0 Å². The number of hydrogen-bond donors (Lipinski definition) is 1. The Morgan fingerprint density at radius 3 is 2.67 bits per heavy atom. The molecule has 1 fully saturated rings. The molecule has 0 bridgehead atoms. The molecule has 2 heterocycles. The molecule has 0 saturated carbocycles. The van der Waals surface area contributed by atoms with Crippen molar-refractivity contribution in [3.63, 3.8) is 0 Å². The first-order valence-electron chi connectivity index (χ1n) is 9.14. The summed E-state index contributed by atoms with van der Waals surface area (Å²) in [4.78, 5) is 17.5. The Labute approximate surface area is 159 Å². The Balaban J connectivity index is 1.81. The SMILES string of the molecule is CCN(CC(=O)O)C1CCN(S(=O)(=O)c2cccc3cc(C)cnc23)CC1. The van der Waals surface area contributed by atoms with Crippen LogP contribution >= 0.6 is 0 Å². The average Bonchev–Trinajstić information content (AvgIpc) is 2.65. The highest BCUT2D eigenvalue weighted by Crippen LogP contribution is 2.27. The number of hydrogen-bond acceptors (Lipinski definition) is 5. The number of aromatic nitrogens is 1. The van der Waals surface area contributed by atoms with Crippen LogP contribution in [0.25, 0.3) is 10.9 Å². The lowest BCUT2D eigenvalue weighted by atomic mass is 10.0. The van der Waals surface area contributed by atoms with Crippen LogP contribution in [0.2, 0.25) is 0 Å². The van der Waals surface area contributed by atoms with E-state index in [4.69, 9.17) is 5.11 Å². The van der Waals surface area contributed by atoms with Gasteiger partial charge in [0, 0.05) is 30.7 Å². The van der Waals surface area contributed by atoms with Crippen LogP contribution in [0, 0.1) is 6.92 Å². The maximum absolute atomic E-state index is 13.2. The van der Waals surface area contributed by atoms with Crippen LogP contribution in [0.15, 0.2) is 35.4 Å². The predicted octanol–water partition coefficient (Wildman–Crippen LogP) is 2.10. The highest BCUT2D eigenvalue weighted by atomic mass is 32.2. The molecule has 27 heavy (non-hydrogen) atoms. The third-order valence-corrected chi connectivity index (χ3v) is 7.04. The van der Waals surface area contributed by atoms with Crippen molar-refractivity contribution in [1.82, 2.24) is 14.2 Å². The van der Waals surface area contributed by atoms with Crippen LogP contribution in [0.1, 0.15) is 25.3 Å². The van der Waals surface area contributed by atoms with E-state index in [9.17, 15) is 13.2 Å². The summed E-state index contributed by atoms with van der Waals surface area (Å²) in [5.74, 6) is -0.857. The van der Waals surface area contributed by atoms with Crippen LogP contribution in [-0.4, -0.2) is 65.9 Å². The Morgan fingerprint density at radius 1 is 1.33 bits per heavy atom. The number of carboxylic acids is 1. The van der Waals surface area contributed by atoms with Gasteiger partial charge < -0.3 is 5.11 Å². The van der Waals surface area contributed by atoms with Crippen LogP contribution in [0.4, 0.5) is 0 Å². The molecule has 146 valence electrons. The first-order valence-corrected chi connectivity index (χ1v) is 10.6. The molecule has 1 N–H and O–H groups in total. The summed E-state index contributed by atoms with van der Waals surface area (Å²) in [5, 5.41) is 9.85. The quantitative estimate of drug-likeness (QED) is 0.811. The smallest absolute Gasteiger partial charge is 0.317 e. The zero-order chi connectivity index (χ0) is 19.6. The van der Waals surface area contributed by atoms with E-state index in [-0.39, 0.29) is 17.5 Å². The fraction of sp³-hybridized carbons (Fsp3) is 0.474. The highest BCUT2D eigenvalue weighted by molar-refractivity contribution is 7.89. The van der Waals surface area contributed by atoms with Gasteiger partial charge in [-0.15, -0.1) is 0 Å². The number of piperidine rings is 1. The molecule has 3 rings (SSSR count). The Bertz CT molecular complexity index is 937. The van der Waals surface area contributed by atoms with Gasteiger partial charge in [0.2, 0.25) is 10.0 Å². The molecule has 1 saturated heterocycles. The number of aliphatic carboxylic acids is 1. The summed E-state index contributed by atoms with van der Waals surface area (Å²) < 4.78 is 27.9. The van der Waals surface area contributed by atoms with E-state index in [2.05, 4.69) is 4.98 Å². The molecule has 0 aliphatic carbocycles. The van der Waals surface area contributed by atoms with Gasteiger partial charge in [-0.1, -0.05) is 19.1 Å². The van der Waals surface area contributed by atoms with Crippen molar-refractivity contribution in [2.45, 2.75) is 37.6 Å². The van der Waals surface area contributed by atoms with Crippen LogP contribution < -0.4 is 0 Å². The Kier molecular flexibility index (Phi) is 5.78. The van der Waals surface area contributed by atoms with E-state index < -0.39 is 16.0 Å². The fourth-order valence-corrected chi connectivity index (χ4v) is 5.35. The molecule has 1 aliphatic rings. The first kappa shape index (κ1) is 19.7. The second kappa shape index (κ2) is 7.92. The van der Waals surface area contributed by atoms with E-state index >= 15 is 0 Å². The zero-order valence-corrected chi connectivity index (χ0v) is 16.4. The number of carboxylic acid groups (broad SMARTS) is 1. The van der Waals surface area contributed by atoms with Crippen LogP contribution in [0.3, 0.4) is 0 Å². The normalized spacial score (nSPS) is 16.9.